The molecular weight excluding hydrogens is 370 g/mol. The molecule has 0 amide bonds. The Balaban J connectivity index is 4.22. The molecule has 0 spiro atoms. The number of aliphatic hydroxyl groups is 2. The third-order valence-electron chi connectivity index (χ3n) is 4.17. The molecule has 0 aliphatic heterocycles. The van der Waals surface area contributed by atoms with Crippen molar-refractivity contribution in [3.8, 4) is 0 Å². The van der Waals surface area contributed by atoms with Gasteiger partial charge >= 0.3 is 141 Å². The van der Waals surface area contributed by atoms with Gasteiger partial charge in [-0.05, 0) is 0 Å². The average molecular weight is 409 g/mol. The Morgan fingerprint density at radius 1 is 0.619 bits per heavy atom. The van der Waals surface area contributed by atoms with E-state index in [1.54, 1.807) is 0 Å². The van der Waals surface area contributed by atoms with E-state index in [9.17, 15) is 10.2 Å². The Hall–Kier alpha value is 0.738. The average Bonchev–Trinajstić information content (AvgIpc) is 2.47. The van der Waals surface area contributed by atoms with Crippen molar-refractivity contribution in [1.82, 2.24) is 0 Å². The molecule has 0 radical (unpaired) electrons. The summed E-state index contributed by atoms with van der Waals surface area (Å²) in [7, 11) is 0. The fraction of sp³-hybridized carbons (Fsp3) is 1.00. The van der Waals surface area contributed by atoms with E-state index in [0.717, 1.165) is 25.7 Å². The van der Waals surface area contributed by atoms with Gasteiger partial charge in [0, 0.05) is 0 Å². The van der Waals surface area contributed by atoms with E-state index in [1.807, 2.05) is 0 Å². The summed E-state index contributed by atoms with van der Waals surface area (Å²) in [6.45, 7) is 6.64. The van der Waals surface area contributed by atoms with Crippen molar-refractivity contribution in [3.63, 3.8) is 0 Å². The van der Waals surface area contributed by atoms with Crippen LogP contribution in [0.5, 0.6) is 0 Å². The van der Waals surface area contributed by atoms with Gasteiger partial charge in [0.1, 0.15) is 0 Å². The van der Waals surface area contributed by atoms with Crippen LogP contribution in [-0.2, 0) is 0 Å². The predicted molar refractivity (Wildman–Crippen MR) is 95.0 cm³/mol. The van der Waals surface area contributed by atoms with Crippen molar-refractivity contribution in [3.05, 3.63) is 0 Å². The SMILES string of the molecule is CCCCC[CH2][Sb]([CH](O)CCCCC)[CH](O)CCCCC. The van der Waals surface area contributed by atoms with Crippen LogP contribution in [0.25, 0.3) is 0 Å². The van der Waals surface area contributed by atoms with E-state index in [2.05, 4.69) is 20.8 Å². The van der Waals surface area contributed by atoms with Crippen LogP contribution < -0.4 is 0 Å². The van der Waals surface area contributed by atoms with Gasteiger partial charge in [-0.3, -0.25) is 0 Å². The molecule has 0 aromatic rings. The van der Waals surface area contributed by atoms with Gasteiger partial charge in [-0.2, -0.15) is 0 Å². The Bertz CT molecular complexity index is 195. The normalized spacial score (nSPS) is 14.6. The van der Waals surface area contributed by atoms with Crippen LogP contribution in [0.2, 0.25) is 4.37 Å². The minimum absolute atomic E-state index is 0.127. The second-order valence-electron chi connectivity index (χ2n) is 6.25. The first-order chi connectivity index (χ1) is 10.2. The second kappa shape index (κ2) is 15.6. The molecule has 2 atom stereocenters. The van der Waals surface area contributed by atoms with Crippen molar-refractivity contribution in [1.29, 1.82) is 0 Å². The fourth-order valence-corrected chi connectivity index (χ4v) is 10.2. The number of aliphatic hydroxyl groups excluding tert-OH is 2. The zero-order valence-electron chi connectivity index (χ0n) is 14.7. The molecule has 0 fully saturated rings. The van der Waals surface area contributed by atoms with Crippen molar-refractivity contribution in [2.75, 3.05) is 0 Å². The van der Waals surface area contributed by atoms with Crippen LogP contribution in [0, 0.1) is 0 Å². The summed E-state index contributed by atoms with van der Waals surface area (Å²) in [5.74, 6) is 0. The summed E-state index contributed by atoms with van der Waals surface area (Å²) in [6, 6.07) is 0. The van der Waals surface area contributed by atoms with Gasteiger partial charge in [0.05, 0.1) is 0 Å². The van der Waals surface area contributed by atoms with Crippen LogP contribution in [0.4, 0.5) is 0 Å². The van der Waals surface area contributed by atoms with E-state index in [0.29, 0.717) is 0 Å². The van der Waals surface area contributed by atoms with Crippen LogP contribution in [0.3, 0.4) is 0 Å². The summed E-state index contributed by atoms with van der Waals surface area (Å²) in [4.78, 5) is 0. The summed E-state index contributed by atoms with van der Waals surface area (Å²) in [5.41, 5.74) is 0. The van der Waals surface area contributed by atoms with Gasteiger partial charge in [-0.1, -0.05) is 0 Å². The van der Waals surface area contributed by atoms with Crippen molar-refractivity contribution in [2.24, 2.45) is 0 Å². The van der Waals surface area contributed by atoms with Gasteiger partial charge in [0.2, 0.25) is 0 Å². The minimum atomic E-state index is -1.93. The molecule has 0 saturated carbocycles. The Kier molecular flexibility index (Phi) is 16.2. The number of rotatable bonds is 15. The molecule has 0 saturated heterocycles. The van der Waals surface area contributed by atoms with E-state index in [-0.39, 0.29) is 8.10 Å². The van der Waals surface area contributed by atoms with E-state index >= 15 is 0 Å². The maximum atomic E-state index is 10.5. The Morgan fingerprint density at radius 3 is 1.48 bits per heavy atom. The van der Waals surface area contributed by atoms with Crippen molar-refractivity contribution < 1.29 is 10.2 Å². The molecule has 0 bridgehead atoms. The molecule has 2 unspecified atom stereocenters. The van der Waals surface area contributed by atoms with Gasteiger partial charge < -0.3 is 0 Å². The third-order valence-corrected chi connectivity index (χ3v) is 12.4. The molecule has 0 rings (SSSR count). The zero-order chi connectivity index (χ0) is 15.9. The molecule has 0 aromatic carbocycles. The molecular formula is C18H39O2Sb. The molecule has 0 heterocycles. The van der Waals surface area contributed by atoms with Gasteiger partial charge in [0.25, 0.3) is 0 Å². The molecule has 21 heavy (non-hydrogen) atoms. The maximum absolute atomic E-state index is 10.5. The molecule has 2 nitrogen and oxygen atoms in total. The Morgan fingerprint density at radius 2 is 1.05 bits per heavy atom. The van der Waals surface area contributed by atoms with Crippen LogP contribution in [-0.4, -0.2) is 38.5 Å². The van der Waals surface area contributed by atoms with Crippen LogP contribution >= 0.6 is 0 Å². The first-order valence-electron chi connectivity index (χ1n) is 9.29. The summed E-state index contributed by atoms with van der Waals surface area (Å²) >= 11 is -1.93. The number of hydrogen-bond acceptors (Lipinski definition) is 2. The number of hydrogen-bond donors (Lipinski definition) is 2. The standard InChI is InChI=1S/2C6H13O.C6H13.Sb/c2*1-2-3-4-5-6-7;1-3-5-6-4-2;/h2*6-7H,2-5H2,1H3;1,3-6H2,2H3;. The first-order valence-corrected chi connectivity index (χ1v) is 14.0. The van der Waals surface area contributed by atoms with E-state index in [1.165, 1.54) is 55.7 Å². The second-order valence-corrected chi connectivity index (χ2v) is 13.9. The van der Waals surface area contributed by atoms with Crippen LogP contribution in [0.1, 0.15) is 97.8 Å². The van der Waals surface area contributed by atoms with Gasteiger partial charge in [-0.25, -0.2) is 0 Å². The topological polar surface area (TPSA) is 40.5 Å². The molecule has 0 aliphatic rings. The Labute approximate surface area is 140 Å². The van der Waals surface area contributed by atoms with E-state index in [4.69, 9.17) is 0 Å². The first kappa shape index (κ1) is 21.7. The number of unbranched alkanes of at least 4 members (excludes halogenated alkanes) is 7. The predicted octanol–water partition coefficient (Wildman–Crippen LogP) is 5.02. The summed E-state index contributed by atoms with van der Waals surface area (Å²) < 4.78 is 0.916. The monoisotopic (exact) mass is 408 g/mol. The van der Waals surface area contributed by atoms with Crippen molar-refractivity contribution >= 4 is 20.2 Å². The van der Waals surface area contributed by atoms with Crippen molar-refractivity contribution in [2.45, 2.75) is 110 Å². The molecule has 128 valence electrons. The molecule has 0 aliphatic carbocycles. The molecule has 3 heteroatoms. The summed E-state index contributed by atoms with van der Waals surface area (Å²) in [5, 5.41) is 21.1. The zero-order valence-corrected chi connectivity index (χ0v) is 17.2. The molecule has 2 N–H and O–H groups in total. The quantitative estimate of drug-likeness (QED) is 0.295. The molecule has 0 aromatic heterocycles. The van der Waals surface area contributed by atoms with Gasteiger partial charge in [-0.15, -0.1) is 0 Å². The van der Waals surface area contributed by atoms with E-state index < -0.39 is 20.2 Å². The van der Waals surface area contributed by atoms with Gasteiger partial charge in [0.15, 0.2) is 0 Å². The fourth-order valence-electron chi connectivity index (χ4n) is 2.70. The van der Waals surface area contributed by atoms with Crippen LogP contribution in [0.15, 0.2) is 0 Å². The third kappa shape index (κ3) is 11.9. The summed E-state index contributed by atoms with van der Waals surface area (Å²) in [6.07, 6.45) is 14.1.